The molecule has 2 heterocycles. The zero-order chi connectivity index (χ0) is 20.4. The van der Waals surface area contributed by atoms with Crippen LogP contribution in [0.5, 0.6) is 0 Å². The monoisotopic (exact) mass is 393 g/mol. The number of carbonyl (C=O) groups is 2. The van der Waals surface area contributed by atoms with Crippen LogP contribution in [0.1, 0.15) is 54.7 Å². The van der Waals surface area contributed by atoms with Gasteiger partial charge in [0.2, 0.25) is 0 Å². The number of carbonyl (C=O) groups excluding carboxylic acids is 2. The molecule has 29 heavy (non-hydrogen) atoms. The van der Waals surface area contributed by atoms with Crippen LogP contribution in [0.3, 0.4) is 0 Å². The van der Waals surface area contributed by atoms with Gasteiger partial charge < -0.3 is 10.2 Å². The standard InChI is InChI=1S/C22H27N5O2/c1-14-6-5-7-15(2)27(14)22(29)26-20-19(23-10-11-24-20)21(28)25-18-12-16-8-3-4-9-17(16)13-18/h3-4,8-11,14-15,18H,5-7,12-13H2,1-2H3,(H,25,28)(H,24,26,29)/t14-,15+. The Kier molecular flexibility index (Phi) is 5.47. The second-order valence-electron chi connectivity index (χ2n) is 8.07. The minimum atomic E-state index is -0.314. The van der Waals surface area contributed by atoms with Crippen molar-refractivity contribution in [1.82, 2.24) is 20.2 Å². The predicted octanol–water partition coefficient (Wildman–Crippen LogP) is 3.17. The average molecular weight is 393 g/mol. The fraction of sp³-hybridized carbons (Fsp3) is 0.455. The summed E-state index contributed by atoms with van der Waals surface area (Å²) in [5.74, 6) is -0.110. The highest BCUT2D eigenvalue weighted by molar-refractivity contribution is 6.01. The topological polar surface area (TPSA) is 87.2 Å². The molecule has 7 heteroatoms. The summed E-state index contributed by atoms with van der Waals surface area (Å²) in [6.07, 6.45) is 7.64. The van der Waals surface area contributed by atoms with E-state index < -0.39 is 0 Å². The van der Waals surface area contributed by atoms with Gasteiger partial charge in [0.05, 0.1) is 0 Å². The van der Waals surface area contributed by atoms with Crippen LogP contribution >= 0.6 is 0 Å². The number of fused-ring (bicyclic) bond motifs is 1. The van der Waals surface area contributed by atoms with Gasteiger partial charge in [-0.2, -0.15) is 0 Å². The molecule has 4 rings (SSSR count). The molecule has 2 atom stereocenters. The number of nitrogens with zero attached hydrogens (tertiary/aromatic N) is 3. The SMILES string of the molecule is C[C@@H]1CCC[C@H](C)N1C(=O)Nc1nccnc1C(=O)NC1Cc2ccccc2C1. The molecule has 0 unspecified atom stereocenters. The summed E-state index contributed by atoms with van der Waals surface area (Å²) in [6, 6.07) is 8.32. The summed E-state index contributed by atoms with van der Waals surface area (Å²) < 4.78 is 0. The van der Waals surface area contributed by atoms with Crippen molar-refractivity contribution in [2.75, 3.05) is 5.32 Å². The number of likely N-dealkylation sites (tertiary alicyclic amines) is 1. The third-order valence-electron chi connectivity index (χ3n) is 5.95. The fourth-order valence-electron chi connectivity index (χ4n) is 4.50. The molecule has 2 N–H and O–H groups in total. The van der Waals surface area contributed by atoms with Crippen molar-refractivity contribution in [2.45, 2.75) is 64.1 Å². The van der Waals surface area contributed by atoms with Crippen molar-refractivity contribution in [2.24, 2.45) is 0 Å². The van der Waals surface area contributed by atoms with Gasteiger partial charge in [-0.05, 0) is 57.1 Å². The molecule has 0 bridgehead atoms. The maximum atomic E-state index is 12.9. The first-order valence-electron chi connectivity index (χ1n) is 10.3. The highest BCUT2D eigenvalue weighted by atomic mass is 16.2. The summed E-state index contributed by atoms with van der Waals surface area (Å²) in [6.45, 7) is 4.11. The van der Waals surface area contributed by atoms with E-state index in [1.165, 1.54) is 23.5 Å². The number of hydrogen-bond donors (Lipinski definition) is 2. The zero-order valence-corrected chi connectivity index (χ0v) is 16.9. The molecule has 1 aliphatic carbocycles. The number of rotatable bonds is 3. The van der Waals surface area contributed by atoms with E-state index >= 15 is 0 Å². The molecule has 1 aliphatic heterocycles. The van der Waals surface area contributed by atoms with Crippen molar-refractivity contribution < 1.29 is 9.59 Å². The van der Waals surface area contributed by atoms with E-state index in [-0.39, 0.29) is 41.6 Å². The lowest BCUT2D eigenvalue weighted by atomic mass is 9.98. The van der Waals surface area contributed by atoms with Crippen LogP contribution < -0.4 is 10.6 Å². The number of hydrogen-bond acceptors (Lipinski definition) is 4. The minimum absolute atomic E-state index is 0.0209. The molecule has 1 saturated heterocycles. The van der Waals surface area contributed by atoms with Crippen LogP contribution in [0.2, 0.25) is 0 Å². The van der Waals surface area contributed by atoms with Gasteiger partial charge >= 0.3 is 6.03 Å². The van der Waals surface area contributed by atoms with Gasteiger partial charge in [-0.1, -0.05) is 24.3 Å². The van der Waals surface area contributed by atoms with E-state index in [4.69, 9.17) is 0 Å². The smallest absolute Gasteiger partial charge is 0.323 e. The normalized spacial score (nSPS) is 21.5. The lowest BCUT2D eigenvalue weighted by Crippen LogP contribution is -2.49. The van der Waals surface area contributed by atoms with Gasteiger partial charge in [0.15, 0.2) is 11.5 Å². The van der Waals surface area contributed by atoms with Gasteiger partial charge in [-0.15, -0.1) is 0 Å². The first kappa shape index (κ1) is 19.4. The lowest BCUT2D eigenvalue weighted by Gasteiger charge is -2.38. The summed E-state index contributed by atoms with van der Waals surface area (Å²) in [5.41, 5.74) is 2.67. The number of aromatic nitrogens is 2. The Bertz CT molecular complexity index is 881. The number of urea groups is 1. The number of piperidine rings is 1. The van der Waals surface area contributed by atoms with E-state index in [1.807, 2.05) is 17.0 Å². The predicted molar refractivity (Wildman–Crippen MR) is 111 cm³/mol. The Hall–Kier alpha value is -2.96. The van der Waals surface area contributed by atoms with E-state index in [9.17, 15) is 9.59 Å². The lowest BCUT2D eigenvalue weighted by molar-refractivity contribution is 0.0934. The van der Waals surface area contributed by atoms with Gasteiger partial charge in [0.1, 0.15) is 0 Å². The van der Waals surface area contributed by atoms with E-state index in [0.717, 1.165) is 32.1 Å². The summed E-state index contributed by atoms with van der Waals surface area (Å²) in [7, 11) is 0. The number of amides is 3. The molecule has 0 spiro atoms. The number of anilines is 1. The molecule has 152 valence electrons. The molecule has 1 fully saturated rings. The van der Waals surface area contributed by atoms with Gasteiger partial charge in [-0.25, -0.2) is 14.8 Å². The first-order valence-corrected chi connectivity index (χ1v) is 10.3. The van der Waals surface area contributed by atoms with Crippen molar-refractivity contribution in [3.8, 4) is 0 Å². The Morgan fingerprint density at radius 3 is 2.28 bits per heavy atom. The van der Waals surface area contributed by atoms with E-state index in [2.05, 4.69) is 46.6 Å². The average Bonchev–Trinajstić information content (AvgIpc) is 3.10. The van der Waals surface area contributed by atoms with Crippen LogP contribution in [0.4, 0.5) is 10.6 Å². The third-order valence-corrected chi connectivity index (χ3v) is 5.95. The molecule has 1 aromatic carbocycles. The quantitative estimate of drug-likeness (QED) is 0.839. The molecular weight excluding hydrogens is 366 g/mol. The van der Waals surface area contributed by atoms with Gasteiger partial charge in [0.25, 0.3) is 5.91 Å². The highest BCUT2D eigenvalue weighted by Gasteiger charge is 2.30. The molecule has 0 radical (unpaired) electrons. The Morgan fingerprint density at radius 1 is 1.00 bits per heavy atom. The van der Waals surface area contributed by atoms with Crippen LogP contribution in [0, 0.1) is 0 Å². The maximum absolute atomic E-state index is 12.9. The zero-order valence-electron chi connectivity index (χ0n) is 16.9. The van der Waals surface area contributed by atoms with Crippen molar-refractivity contribution in [3.05, 3.63) is 53.5 Å². The Morgan fingerprint density at radius 2 is 1.62 bits per heavy atom. The molecule has 3 amide bonds. The van der Waals surface area contributed by atoms with Crippen LogP contribution in [-0.4, -0.2) is 44.9 Å². The fourth-order valence-corrected chi connectivity index (χ4v) is 4.50. The Labute approximate surface area is 170 Å². The molecule has 7 nitrogen and oxygen atoms in total. The van der Waals surface area contributed by atoms with Gasteiger partial charge in [-0.3, -0.25) is 10.1 Å². The first-order chi connectivity index (χ1) is 14.0. The largest absolute Gasteiger partial charge is 0.347 e. The van der Waals surface area contributed by atoms with Gasteiger partial charge in [0, 0.05) is 30.5 Å². The van der Waals surface area contributed by atoms with Crippen molar-refractivity contribution in [3.63, 3.8) is 0 Å². The Balaban J connectivity index is 1.45. The third kappa shape index (κ3) is 4.09. The molecule has 0 saturated carbocycles. The number of nitrogens with one attached hydrogen (secondary N) is 2. The highest BCUT2D eigenvalue weighted by Crippen LogP contribution is 2.24. The van der Waals surface area contributed by atoms with Crippen molar-refractivity contribution >= 4 is 17.8 Å². The summed E-state index contributed by atoms with van der Waals surface area (Å²) in [5, 5.41) is 5.86. The summed E-state index contributed by atoms with van der Waals surface area (Å²) >= 11 is 0. The molecule has 2 aromatic rings. The summed E-state index contributed by atoms with van der Waals surface area (Å²) in [4.78, 5) is 36.0. The molecular formula is C22H27N5O2. The van der Waals surface area contributed by atoms with Crippen LogP contribution in [0.15, 0.2) is 36.7 Å². The van der Waals surface area contributed by atoms with E-state index in [1.54, 1.807) is 0 Å². The van der Waals surface area contributed by atoms with E-state index in [0.29, 0.717) is 0 Å². The van der Waals surface area contributed by atoms with Crippen LogP contribution in [0.25, 0.3) is 0 Å². The number of benzene rings is 1. The van der Waals surface area contributed by atoms with Crippen LogP contribution in [-0.2, 0) is 12.8 Å². The van der Waals surface area contributed by atoms with Crippen molar-refractivity contribution in [1.29, 1.82) is 0 Å². The maximum Gasteiger partial charge on any atom is 0.323 e. The minimum Gasteiger partial charge on any atom is -0.347 e. The molecule has 1 aromatic heterocycles. The molecule has 2 aliphatic rings. The second kappa shape index (κ2) is 8.19. The second-order valence-corrected chi connectivity index (χ2v) is 8.07.